The lowest BCUT2D eigenvalue weighted by atomic mass is 9.76. The van der Waals surface area contributed by atoms with E-state index in [4.69, 9.17) is 5.11 Å². The summed E-state index contributed by atoms with van der Waals surface area (Å²) in [4.78, 5) is 22.4. The van der Waals surface area contributed by atoms with Gasteiger partial charge in [0.25, 0.3) is 0 Å². The van der Waals surface area contributed by atoms with Crippen LogP contribution in [0.2, 0.25) is 0 Å². The zero-order chi connectivity index (χ0) is 13.7. The molecule has 1 rings (SSSR count). The molecule has 0 aromatic rings. The van der Waals surface area contributed by atoms with E-state index < -0.39 is 18.7 Å². The van der Waals surface area contributed by atoms with Gasteiger partial charge in [-0.1, -0.05) is 13.8 Å². The molecule has 0 aromatic carbocycles. The van der Waals surface area contributed by atoms with Crippen LogP contribution in [0.5, 0.6) is 0 Å². The van der Waals surface area contributed by atoms with Crippen LogP contribution in [0.15, 0.2) is 0 Å². The molecular formula is C13H22FNO3. The summed E-state index contributed by atoms with van der Waals surface area (Å²) in [6.45, 7) is 3.28. The fourth-order valence-corrected chi connectivity index (χ4v) is 2.50. The van der Waals surface area contributed by atoms with Crippen molar-refractivity contribution in [3.8, 4) is 0 Å². The normalized spacial score (nSPS) is 25.8. The van der Waals surface area contributed by atoms with E-state index in [2.05, 4.69) is 19.2 Å². The molecule has 0 aliphatic heterocycles. The van der Waals surface area contributed by atoms with Crippen molar-refractivity contribution in [1.29, 1.82) is 0 Å². The molecule has 0 bridgehead atoms. The van der Waals surface area contributed by atoms with Gasteiger partial charge in [0, 0.05) is 5.92 Å². The SMILES string of the molecule is CC(C)C1CCC(C(=O)NC(CF)C(=O)O)CC1. The van der Waals surface area contributed by atoms with Gasteiger partial charge in [0.2, 0.25) is 5.91 Å². The van der Waals surface area contributed by atoms with E-state index in [0.29, 0.717) is 11.8 Å². The molecule has 1 aliphatic rings. The summed E-state index contributed by atoms with van der Waals surface area (Å²) >= 11 is 0. The van der Waals surface area contributed by atoms with Crippen LogP contribution in [0.25, 0.3) is 0 Å². The van der Waals surface area contributed by atoms with Crippen LogP contribution in [0.3, 0.4) is 0 Å². The average molecular weight is 259 g/mol. The smallest absolute Gasteiger partial charge is 0.328 e. The van der Waals surface area contributed by atoms with E-state index in [0.717, 1.165) is 25.7 Å². The van der Waals surface area contributed by atoms with Gasteiger partial charge in [-0.25, -0.2) is 9.18 Å². The van der Waals surface area contributed by atoms with Crippen LogP contribution in [0, 0.1) is 17.8 Å². The highest BCUT2D eigenvalue weighted by atomic mass is 19.1. The molecular weight excluding hydrogens is 237 g/mol. The molecule has 4 nitrogen and oxygen atoms in total. The number of amides is 1. The van der Waals surface area contributed by atoms with E-state index in [1.165, 1.54) is 0 Å². The molecule has 0 aromatic heterocycles. The Bertz CT molecular complexity index is 299. The van der Waals surface area contributed by atoms with Crippen LogP contribution >= 0.6 is 0 Å². The van der Waals surface area contributed by atoms with Crippen molar-refractivity contribution in [2.45, 2.75) is 45.6 Å². The molecule has 0 spiro atoms. The average Bonchev–Trinajstić information content (AvgIpc) is 2.35. The number of carbonyl (C=O) groups is 2. The Morgan fingerprint density at radius 1 is 1.28 bits per heavy atom. The molecule has 1 amide bonds. The molecule has 1 atom stereocenters. The minimum Gasteiger partial charge on any atom is -0.480 e. The van der Waals surface area contributed by atoms with Crippen LogP contribution in [-0.4, -0.2) is 29.7 Å². The monoisotopic (exact) mass is 259 g/mol. The topological polar surface area (TPSA) is 66.4 Å². The second kappa shape index (κ2) is 6.71. The van der Waals surface area contributed by atoms with E-state index in [9.17, 15) is 14.0 Å². The Hall–Kier alpha value is -1.13. The highest BCUT2D eigenvalue weighted by molar-refractivity contribution is 5.85. The Labute approximate surface area is 107 Å². The minimum atomic E-state index is -1.40. The third-order valence-electron chi connectivity index (χ3n) is 3.85. The van der Waals surface area contributed by atoms with Gasteiger partial charge < -0.3 is 10.4 Å². The summed E-state index contributed by atoms with van der Waals surface area (Å²) in [7, 11) is 0. The van der Waals surface area contributed by atoms with Gasteiger partial charge in [-0.15, -0.1) is 0 Å². The van der Waals surface area contributed by atoms with Gasteiger partial charge in [-0.05, 0) is 37.5 Å². The summed E-state index contributed by atoms with van der Waals surface area (Å²) in [5, 5.41) is 10.9. The van der Waals surface area contributed by atoms with E-state index in [1.807, 2.05) is 0 Å². The Morgan fingerprint density at radius 2 is 1.83 bits per heavy atom. The van der Waals surface area contributed by atoms with Crippen molar-refractivity contribution in [2.24, 2.45) is 17.8 Å². The lowest BCUT2D eigenvalue weighted by Crippen LogP contribution is -2.45. The zero-order valence-electron chi connectivity index (χ0n) is 11.0. The third kappa shape index (κ3) is 3.96. The maximum absolute atomic E-state index is 12.4. The van der Waals surface area contributed by atoms with Crippen molar-refractivity contribution in [3.05, 3.63) is 0 Å². The molecule has 18 heavy (non-hydrogen) atoms. The number of hydrogen-bond donors (Lipinski definition) is 2. The number of aliphatic carboxylic acids is 1. The summed E-state index contributed by atoms with van der Waals surface area (Å²) in [6, 6.07) is -1.40. The number of halogens is 1. The predicted octanol–water partition coefficient (Wildman–Crippen LogP) is 1.99. The quantitative estimate of drug-likeness (QED) is 0.793. The van der Waals surface area contributed by atoms with Gasteiger partial charge in [0.1, 0.15) is 6.67 Å². The molecule has 1 aliphatic carbocycles. The Balaban J connectivity index is 2.42. The fourth-order valence-electron chi connectivity index (χ4n) is 2.50. The van der Waals surface area contributed by atoms with Crippen molar-refractivity contribution in [1.82, 2.24) is 5.32 Å². The van der Waals surface area contributed by atoms with Gasteiger partial charge in [-0.3, -0.25) is 4.79 Å². The van der Waals surface area contributed by atoms with Gasteiger partial charge in [0.05, 0.1) is 0 Å². The maximum Gasteiger partial charge on any atom is 0.328 e. The highest BCUT2D eigenvalue weighted by Crippen LogP contribution is 2.33. The second-order valence-corrected chi connectivity index (χ2v) is 5.41. The molecule has 1 saturated carbocycles. The second-order valence-electron chi connectivity index (χ2n) is 5.41. The maximum atomic E-state index is 12.4. The number of carboxylic acid groups (broad SMARTS) is 1. The van der Waals surface area contributed by atoms with E-state index in [1.54, 1.807) is 0 Å². The van der Waals surface area contributed by atoms with Crippen LogP contribution in [0.4, 0.5) is 4.39 Å². The fraction of sp³-hybridized carbons (Fsp3) is 0.846. The van der Waals surface area contributed by atoms with Gasteiger partial charge in [-0.2, -0.15) is 0 Å². The predicted molar refractivity (Wildman–Crippen MR) is 65.8 cm³/mol. The first-order chi connectivity index (χ1) is 8.45. The first kappa shape index (κ1) is 14.9. The summed E-state index contributed by atoms with van der Waals surface area (Å²) in [5.41, 5.74) is 0. The Morgan fingerprint density at radius 3 is 2.22 bits per heavy atom. The number of nitrogens with one attached hydrogen (secondary N) is 1. The third-order valence-corrected chi connectivity index (χ3v) is 3.85. The molecule has 0 heterocycles. The van der Waals surface area contributed by atoms with Crippen molar-refractivity contribution in [2.75, 3.05) is 6.67 Å². The summed E-state index contributed by atoms with van der Waals surface area (Å²) in [6.07, 6.45) is 3.52. The number of rotatable bonds is 5. The molecule has 2 N–H and O–H groups in total. The van der Waals surface area contributed by atoms with Crippen molar-refractivity contribution >= 4 is 11.9 Å². The molecule has 104 valence electrons. The van der Waals surface area contributed by atoms with Gasteiger partial charge >= 0.3 is 5.97 Å². The first-order valence-electron chi connectivity index (χ1n) is 6.54. The standard InChI is InChI=1S/C13H22FNO3/c1-8(2)9-3-5-10(6-4-9)12(16)15-11(7-14)13(17)18/h8-11H,3-7H2,1-2H3,(H,15,16)(H,17,18). The van der Waals surface area contributed by atoms with E-state index >= 15 is 0 Å². The molecule has 1 fully saturated rings. The molecule has 0 radical (unpaired) electrons. The largest absolute Gasteiger partial charge is 0.480 e. The number of alkyl halides is 1. The van der Waals surface area contributed by atoms with Crippen molar-refractivity contribution < 1.29 is 19.1 Å². The minimum absolute atomic E-state index is 0.159. The summed E-state index contributed by atoms with van der Waals surface area (Å²) in [5.74, 6) is -0.533. The van der Waals surface area contributed by atoms with Crippen molar-refractivity contribution in [3.63, 3.8) is 0 Å². The molecule has 1 unspecified atom stereocenters. The van der Waals surface area contributed by atoms with Crippen LogP contribution < -0.4 is 5.32 Å². The molecule has 5 heteroatoms. The van der Waals surface area contributed by atoms with Gasteiger partial charge in [0.15, 0.2) is 6.04 Å². The highest BCUT2D eigenvalue weighted by Gasteiger charge is 2.30. The lowest BCUT2D eigenvalue weighted by molar-refractivity contribution is -0.143. The van der Waals surface area contributed by atoms with Crippen LogP contribution in [0.1, 0.15) is 39.5 Å². The number of carbonyl (C=O) groups excluding carboxylic acids is 1. The first-order valence-corrected chi connectivity index (χ1v) is 6.54. The number of carboxylic acids is 1. The van der Waals surface area contributed by atoms with E-state index in [-0.39, 0.29) is 11.8 Å². The molecule has 0 saturated heterocycles. The lowest BCUT2D eigenvalue weighted by Gasteiger charge is -2.30. The Kier molecular flexibility index (Phi) is 5.56. The zero-order valence-corrected chi connectivity index (χ0v) is 11.0. The number of hydrogen-bond acceptors (Lipinski definition) is 2. The summed E-state index contributed by atoms with van der Waals surface area (Å²) < 4.78 is 12.4. The van der Waals surface area contributed by atoms with Crippen LogP contribution in [-0.2, 0) is 9.59 Å².